The number of para-hydroxylation sites is 1. The van der Waals surface area contributed by atoms with Crippen molar-refractivity contribution in [3.63, 3.8) is 0 Å². The quantitative estimate of drug-likeness (QED) is 0.591. The summed E-state index contributed by atoms with van der Waals surface area (Å²) in [5.74, 6) is 1.15. The van der Waals surface area contributed by atoms with Gasteiger partial charge in [-0.25, -0.2) is 0 Å². The van der Waals surface area contributed by atoms with Crippen molar-refractivity contribution < 1.29 is 18.4 Å². The summed E-state index contributed by atoms with van der Waals surface area (Å²) < 4.78 is 16.2. The molecule has 2 aromatic carbocycles. The van der Waals surface area contributed by atoms with Crippen molar-refractivity contribution in [2.75, 3.05) is 12.4 Å². The largest absolute Gasteiger partial charge is 0.497 e. The lowest BCUT2D eigenvalue weighted by atomic mass is 10.1. The lowest BCUT2D eigenvalue weighted by Crippen LogP contribution is -2.14. The SMILES string of the molecule is COc1ccc(CC(=O)Nc2nnc(-c3cc4ccccc4o3)o2)cc1. The van der Waals surface area contributed by atoms with Crippen LogP contribution in [-0.2, 0) is 11.2 Å². The van der Waals surface area contributed by atoms with E-state index in [1.807, 2.05) is 42.5 Å². The fourth-order valence-electron chi connectivity index (χ4n) is 2.55. The second-order valence-electron chi connectivity index (χ2n) is 5.63. The molecule has 0 aliphatic carbocycles. The molecule has 2 heterocycles. The second kappa shape index (κ2) is 6.72. The Hall–Kier alpha value is -3.61. The number of nitrogens with zero attached hydrogens (tertiary/aromatic N) is 2. The van der Waals surface area contributed by atoms with Gasteiger partial charge in [-0.2, -0.15) is 0 Å². The molecule has 7 nitrogen and oxygen atoms in total. The van der Waals surface area contributed by atoms with Gasteiger partial charge < -0.3 is 13.6 Å². The number of methoxy groups -OCH3 is 1. The van der Waals surface area contributed by atoms with Crippen LogP contribution in [0.2, 0.25) is 0 Å². The summed E-state index contributed by atoms with van der Waals surface area (Å²) in [4.78, 5) is 12.1. The summed E-state index contributed by atoms with van der Waals surface area (Å²) in [5, 5.41) is 11.3. The predicted octanol–water partition coefficient (Wildman–Crippen LogP) is 3.67. The molecule has 1 N–H and O–H groups in total. The normalized spacial score (nSPS) is 10.8. The zero-order valence-electron chi connectivity index (χ0n) is 13.9. The van der Waals surface area contributed by atoms with Gasteiger partial charge in [0.15, 0.2) is 5.76 Å². The van der Waals surface area contributed by atoms with Gasteiger partial charge in [0.2, 0.25) is 5.91 Å². The average molecular weight is 349 g/mol. The Balaban J connectivity index is 1.44. The van der Waals surface area contributed by atoms with Gasteiger partial charge in [0.25, 0.3) is 5.89 Å². The van der Waals surface area contributed by atoms with Gasteiger partial charge in [0.05, 0.1) is 13.5 Å². The first-order valence-electron chi connectivity index (χ1n) is 7.96. The van der Waals surface area contributed by atoms with Gasteiger partial charge in [0, 0.05) is 5.39 Å². The fraction of sp³-hybridized carbons (Fsp3) is 0.105. The third kappa shape index (κ3) is 3.27. The highest BCUT2D eigenvalue weighted by atomic mass is 16.5. The maximum Gasteiger partial charge on any atom is 0.322 e. The van der Waals surface area contributed by atoms with Crippen LogP contribution in [0, 0.1) is 0 Å². The number of carbonyl (C=O) groups is 1. The summed E-state index contributed by atoms with van der Waals surface area (Å²) in [5.41, 5.74) is 1.58. The van der Waals surface area contributed by atoms with Crippen LogP contribution in [0.15, 0.2) is 63.4 Å². The molecule has 7 heteroatoms. The number of furan rings is 1. The molecule has 0 atom stereocenters. The van der Waals surface area contributed by atoms with Crippen LogP contribution in [0.3, 0.4) is 0 Å². The zero-order chi connectivity index (χ0) is 17.9. The highest BCUT2D eigenvalue weighted by Crippen LogP contribution is 2.27. The Kier molecular flexibility index (Phi) is 4.10. The van der Waals surface area contributed by atoms with E-state index in [1.165, 1.54) is 0 Å². The van der Waals surface area contributed by atoms with Crippen molar-refractivity contribution in [1.29, 1.82) is 0 Å². The maximum absolute atomic E-state index is 12.1. The molecule has 0 fully saturated rings. The average Bonchev–Trinajstić information content (AvgIpc) is 3.28. The van der Waals surface area contributed by atoms with Crippen molar-refractivity contribution in [2.45, 2.75) is 6.42 Å². The van der Waals surface area contributed by atoms with Crippen LogP contribution < -0.4 is 10.1 Å². The fourth-order valence-corrected chi connectivity index (χ4v) is 2.55. The zero-order valence-corrected chi connectivity index (χ0v) is 13.9. The number of benzene rings is 2. The molecule has 0 bridgehead atoms. The van der Waals surface area contributed by atoms with Crippen molar-refractivity contribution in [3.05, 3.63) is 60.2 Å². The molecule has 0 aliphatic heterocycles. The molecule has 130 valence electrons. The molecule has 0 spiro atoms. The Labute approximate surface area is 148 Å². The van der Waals surface area contributed by atoms with Crippen LogP contribution in [0.1, 0.15) is 5.56 Å². The predicted molar refractivity (Wildman–Crippen MR) is 94.8 cm³/mol. The second-order valence-corrected chi connectivity index (χ2v) is 5.63. The van der Waals surface area contributed by atoms with Crippen LogP contribution in [0.4, 0.5) is 6.01 Å². The Morgan fingerprint density at radius 3 is 2.65 bits per heavy atom. The van der Waals surface area contributed by atoms with Gasteiger partial charge in [-0.3, -0.25) is 10.1 Å². The van der Waals surface area contributed by atoms with Crippen molar-refractivity contribution in [1.82, 2.24) is 10.2 Å². The van der Waals surface area contributed by atoms with Crippen molar-refractivity contribution >= 4 is 22.9 Å². The summed E-state index contributed by atoms with van der Waals surface area (Å²) >= 11 is 0. The monoisotopic (exact) mass is 349 g/mol. The minimum Gasteiger partial charge on any atom is -0.497 e. The van der Waals surface area contributed by atoms with Gasteiger partial charge in [-0.1, -0.05) is 35.4 Å². The van der Waals surface area contributed by atoms with E-state index in [1.54, 1.807) is 19.2 Å². The molecule has 0 saturated heterocycles. The van der Waals surface area contributed by atoms with Gasteiger partial charge in [0.1, 0.15) is 11.3 Å². The highest BCUT2D eigenvalue weighted by molar-refractivity contribution is 5.90. The first kappa shape index (κ1) is 15.9. The first-order valence-corrected chi connectivity index (χ1v) is 7.96. The maximum atomic E-state index is 12.1. The molecule has 0 aliphatic rings. The Morgan fingerprint density at radius 1 is 1.08 bits per heavy atom. The number of anilines is 1. The number of nitrogens with one attached hydrogen (secondary N) is 1. The number of fused-ring (bicyclic) bond motifs is 1. The number of rotatable bonds is 5. The highest BCUT2D eigenvalue weighted by Gasteiger charge is 2.15. The lowest BCUT2D eigenvalue weighted by molar-refractivity contribution is -0.115. The molecule has 0 radical (unpaired) electrons. The molecule has 1 amide bonds. The van der Waals surface area contributed by atoms with Gasteiger partial charge in [-0.15, -0.1) is 5.10 Å². The standard InChI is InChI=1S/C19H15N3O4/c1-24-14-8-6-12(7-9-14)10-17(23)20-19-22-21-18(26-19)16-11-13-4-2-3-5-15(13)25-16/h2-9,11H,10H2,1H3,(H,20,22,23). The van der Waals surface area contributed by atoms with E-state index < -0.39 is 0 Å². The minimum atomic E-state index is -0.255. The van der Waals surface area contributed by atoms with Crippen LogP contribution >= 0.6 is 0 Å². The molecular formula is C19H15N3O4. The Morgan fingerprint density at radius 2 is 1.88 bits per heavy atom. The molecule has 0 unspecified atom stereocenters. The summed E-state index contributed by atoms with van der Waals surface area (Å²) in [7, 11) is 1.59. The molecule has 4 rings (SSSR count). The van der Waals surface area contributed by atoms with Crippen LogP contribution in [0.25, 0.3) is 22.6 Å². The van der Waals surface area contributed by atoms with E-state index in [9.17, 15) is 4.79 Å². The smallest absolute Gasteiger partial charge is 0.322 e. The number of ether oxygens (including phenoxy) is 1. The van der Waals surface area contributed by atoms with Gasteiger partial charge in [-0.05, 0) is 29.8 Å². The minimum absolute atomic E-state index is 0.0268. The third-order valence-electron chi connectivity index (χ3n) is 3.83. The van der Waals surface area contributed by atoms with E-state index in [-0.39, 0.29) is 24.2 Å². The molecule has 0 saturated carbocycles. The van der Waals surface area contributed by atoms with E-state index >= 15 is 0 Å². The topological polar surface area (TPSA) is 90.4 Å². The Bertz CT molecular complexity index is 1020. The van der Waals surface area contributed by atoms with E-state index in [4.69, 9.17) is 13.6 Å². The van der Waals surface area contributed by atoms with E-state index in [0.29, 0.717) is 5.76 Å². The van der Waals surface area contributed by atoms with Crippen LogP contribution in [0.5, 0.6) is 5.75 Å². The number of hydrogen-bond donors (Lipinski definition) is 1. The van der Waals surface area contributed by atoms with E-state index in [2.05, 4.69) is 15.5 Å². The van der Waals surface area contributed by atoms with Crippen LogP contribution in [-0.4, -0.2) is 23.2 Å². The molecule has 2 aromatic heterocycles. The van der Waals surface area contributed by atoms with Crippen molar-refractivity contribution in [2.24, 2.45) is 0 Å². The van der Waals surface area contributed by atoms with E-state index in [0.717, 1.165) is 22.3 Å². The molecule has 26 heavy (non-hydrogen) atoms. The first-order chi connectivity index (χ1) is 12.7. The molecule has 4 aromatic rings. The summed E-state index contributed by atoms with van der Waals surface area (Å²) in [6.45, 7) is 0. The number of amides is 1. The molecular weight excluding hydrogens is 334 g/mol. The van der Waals surface area contributed by atoms with Gasteiger partial charge >= 0.3 is 6.01 Å². The number of aromatic nitrogens is 2. The number of carbonyl (C=O) groups excluding carboxylic acids is 1. The van der Waals surface area contributed by atoms with Crippen molar-refractivity contribution in [3.8, 4) is 17.4 Å². The summed E-state index contributed by atoms with van der Waals surface area (Å²) in [6.07, 6.45) is 0.187. The lowest BCUT2D eigenvalue weighted by Gasteiger charge is -2.03. The number of hydrogen-bond acceptors (Lipinski definition) is 6. The third-order valence-corrected chi connectivity index (χ3v) is 3.83. The summed E-state index contributed by atoms with van der Waals surface area (Å²) in [6, 6.07) is 16.7.